The van der Waals surface area contributed by atoms with Crippen LogP contribution in [0, 0.1) is 5.92 Å². The zero-order chi connectivity index (χ0) is 25.3. The van der Waals surface area contributed by atoms with Gasteiger partial charge in [-0.15, -0.1) is 0 Å². The molecule has 1 amide bonds. The predicted octanol–water partition coefficient (Wildman–Crippen LogP) is 4.80. The molecule has 2 aliphatic rings. The molecule has 0 unspecified atom stereocenters. The molecule has 194 valence electrons. The molecule has 1 fully saturated rings. The Morgan fingerprint density at radius 2 is 2.08 bits per heavy atom. The number of amides is 1. The Morgan fingerprint density at radius 3 is 2.86 bits per heavy atom. The van der Waals surface area contributed by atoms with Crippen LogP contribution in [0.3, 0.4) is 0 Å². The van der Waals surface area contributed by atoms with Crippen LogP contribution >= 0.6 is 11.3 Å². The second-order valence-corrected chi connectivity index (χ2v) is 11.3. The van der Waals surface area contributed by atoms with Crippen LogP contribution in [0.5, 0.6) is 5.19 Å². The summed E-state index contributed by atoms with van der Waals surface area (Å²) in [5.41, 5.74) is 2.35. The van der Waals surface area contributed by atoms with E-state index in [-0.39, 0.29) is 11.9 Å². The molecule has 36 heavy (non-hydrogen) atoms. The van der Waals surface area contributed by atoms with Crippen molar-refractivity contribution in [3.63, 3.8) is 0 Å². The summed E-state index contributed by atoms with van der Waals surface area (Å²) in [4.78, 5) is 20.9. The maximum atomic E-state index is 13.1. The Morgan fingerprint density at radius 1 is 1.28 bits per heavy atom. The molecule has 0 spiro atoms. The quantitative estimate of drug-likeness (QED) is 0.465. The third-order valence-electron chi connectivity index (χ3n) is 7.17. The maximum absolute atomic E-state index is 13.1. The van der Waals surface area contributed by atoms with Crippen molar-refractivity contribution in [2.45, 2.75) is 64.0 Å². The van der Waals surface area contributed by atoms with Gasteiger partial charge in [0.05, 0.1) is 11.3 Å². The average Bonchev–Trinajstić information content (AvgIpc) is 3.43. The minimum absolute atomic E-state index is 0.0406. The lowest BCUT2D eigenvalue weighted by Crippen LogP contribution is -2.38. The summed E-state index contributed by atoms with van der Waals surface area (Å²) in [6.07, 6.45) is 8.14. The highest BCUT2D eigenvalue weighted by molar-refractivity contribution is 7.13. The first-order chi connectivity index (χ1) is 17.2. The lowest BCUT2D eigenvalue weighted by molar-refractivity contribution is -0.0230. The number of hydrogen-bond acceptors (Lipinski definition) is 6. The number of hydrogen-bond donors (Lipinski definition) is 1. The summed E-state index contributed by atoms with van der Waals surface area (Å²) in [6, 6.07) is 5.93. The lowest BCUT2D eigenvalue weighted by atomic mass is 9.84. The van der Waals surface area contributed by atoms with E-state index in [4.69, 9.17) is 4.74 Å². The molecule has 10 heteroatoms. The third-order valence-corrected chi connectivity index (χ3v) is 8.24. The van der Waals surface area contributed by atoms with E-state index >= 15 is 0 Å². The molecular formula is C26H33F2N5O2S. The SMILES string of the molecule is Cn1cc2cccc(C(=O)N[C@H]3CC[C@H](CCN4CCc5sc(OCC(C)(F)F)nc5C4)CC3)c2n1. The van der Waals surface area contributed by atoms with Gasteiger partial charge in [-0.3, -0.25) is 14.4 Å². The first-order valence-electron chi connectivity index (χ1n) is 12.7. The largest absolute Gasteiger partial charge is 0.464 e. The number of carbonyl (C=O) groups is 1. The van der Waals surface area contributed by atoms with Crippen molar-refractivity contribution in [1.29, 1.82) is 0 Å². The number of halogens is 2. The van der Waals surface area contributed by atoms with E-state index < -0.39 is 12.5 Å². The topological polar surface area (TPSA) is 72.3 Å². The van der Waals surface area contributed by atoms with Crippen molar-refractivity contribution in [3.8, 4) is 5.19 Å². The molecule has 0 saturated heterocycles. The van der Waals surface area contributed by atoms with Crippen LogP contribution in [0.15, 0.2) is 24.4 Å². The third kappa shape index (κ3) is 6.03. The molecule has 3 heterocycles. The van der Waals surface area contributed by atoms with Gasteiger partial charge in [-0.05, 0) is 57.1 Å². The fourth-order valence-electron chi connectivity index (χ4n) is 5.24. The van der Waals surface area contributed by atoms with Gasteiger partial charge in [0.25, 0.3) is 17.0 Å². The van der Waals surface area contributed by atoms with Crippen LogP contribution in [0.1, 0.15) is 60.0 Å². The molecule has 7 nitrogen and oxygen atoms in total. The summed E-state index contributed by atoms with van der Waals surface area (Å²) >= 11 is 1.40. The lowest BCUT2D eigenvalue weighted by Gasteiger charge is -2.32. The standard InChI is InChI=1S/C26H33F2N5O2S/c1-26(27,28)16-35-25-30-21-15-33(13-11-22(21)36-25)12-10-17-6-8-19(9-7-17)29-24(34)20-5-3-4-18-14-32(2)31-23(18)20/h3-5,14,17,19H,6-13,15-16H2,1-2H3,(H,29,34)/t17-,19-. The van der Waals surface area contributed by atoms with Gasteiger partial charge in [0.15, 0.2) is 6.61 Å². The monoisotopic (exact) mass is 517 g/mol. The van der Waals surface area contributed by atoms with Crippen LogP contribution in [-0.2, 0) is 20.0 Å². The molecular weight excluding hydrogens is 484 g/mol. The fourth-order valence-corrected chi connectivity index (χ4v) is 6.15. The highest BCUT2D eigenvalue weighted by atomic mass is 32.1. The van der Waals surface area contributed by atoms with Crippen molar-refractivity contribution in [1.82, 2.24) is 25.0 Å². The van der Waals surface area contributed by atoms with E-state index in [2.05, 4.69) is 20.3 Å². The smallest absolute Gasteiger partial charge is 0.278 e. The Bertz CT molecular complexity index is 1210. The van der Waals surface area contributed by atoms with Crippen LogP contribution in [-0.4, -0.2) is 57.2 Å². The number of thiazole rings is 1. The number of nitrogens with zero attached hydrogens (tertiary/aromatic N) is 4. The predicted molar refractivity (Wildman–Crippen MR) is 136 cm³/mol. The first kappa shape index (κ1) is 25.1. The molecule has 1 aliphatic heterocycles. The van der Waals surface area contributed by atoms with Gasteiger partial charge in [0, 0.05) is 49.6 Å². The van der Waals surface area contributed by atoms with Gasteiger partial charge in [-0.25, -0.2) is 13.8 Å². The normalized spacial score (nSPS) is 20.9. The summed E-state index contributed by atoms with van der Waals surface area (Å²) in [7, 11) is 1.87. The molecule has 1 aromatic carbocycles. The minimum atomic E-state index is -2.85. The first-order valence-corrected chi connectivity index (χ1v) is 13.5. The van der Waals surface area contributed by atoms with Gasteiger partial charge in [0.1, 0.15) is 5.52 Å². The fraction of sp³-hybridized carbons (Fsp3) is 0.577. The Hall–Kier alpha value is -2.59. The van der Waals surface area contributed by atoms with Gasteiger partial charge in [-0.1, -0.05) is 23.5 Å². The van der Waals surface area contributed by atoms with Gasteiger partial charge in [0.2, 0.25) is 0 Å². The number of benzene rings is 1. The Labute approximate surface area is 213 Å². The van der Waals surface area contributed by atoms with Gasteiger partial charge < -0.3 is 10.1 Å². The van der Waals surface area contributed by atoms with E-state index in [1.165, 1.54) is 11.3 Å². The second-order valence-electron chi connectivity index (χ2n) is 10.3. The average molecular weight is 518 g/mol. The molecule has 0 atom stereocenters. The van der Waals surface area contributed by atoms with Crippen LogP contribution in [0.25, 0.3) is 10.9 Å². The molecule has 1 saturated carbocycles. The van der Waals surface area contributed by atoms with E-state index in [1.807, 2.05) is 31.4 Å². The number of aryl methyl sites for hydroxylation is 1. The van der Waals surface area contributed by atoms with Gasteiger partial charge in [-0.2, -0.15) is 5.10 Å². The molecule has 1 N–H and O–H groups in total. The Kier molecular flexibility index (Phi) is 7.25. The zero-order valence-electron chi connectivity index (χ0n) is 20.8. The molecule has 2 aromatic heterocycles. The molecule has 0 bridgehead atoms. The number of carbonyl (C=O) groups excluding carboxylic acids is 1. The van der Waals surface area contributed by atoms with Crippen molar-refractivity contribution in [3.05, 3.63) is 40.5 Å². The number of rotatable bonds is 8. The number of alkyl halides is 2. The molecule has 5 rings (SSSR count). The summed E-state index contributed by atoms with van der Waals surface area (Å²) in [5, 5.41) is 9.01. The van der Waals surface area contributed by atoms with Crippen LogP contribution in [0.2, 0.25) is 0 Å². The molecule has 0 radical (unpaired) electrons. The number of fused-ring (bicyclic) bond motifs is 2. The number of nitrogens with one attached hydrogen (secondary N) is 1. The van der Waals surface area contributed by atoms with Crippen molar-refractivity contribution >= 4 is 28.1 Å². The van der Waals surface area contributed by atoms with Crippen molar-refractivity contribution < 1.29 is 18.3 Å². The van der Waals surface area contributed by atoms with E-state index in [9.17, 15) is 13.6 Å². The second kappa shape index (κ2) is 10.4. The Balaban J connectivity index is 1.06. The van der Waals surface area contributed by atoms with Crippen LogP contribution < -0.4 is 10.1 Å². The molecule has 1 aliphatic carbocycles. The summed E-state index contributed by atoms with van der Waals surface area (Å²) in [5.74, 6) is -2.24. The van der Waals surface area contributed by atoms with Crippen molar-refractivity contribution in [2.75, 3.05) is 19.7 Å². The zero-order valence-corrected chi connectivity index (χ0v) is 21.6. The molecule has 3 aromatic rings. The van der Waals surface area contributed by atoms with E-state index in [1.54, 1.807) is 4.68 Å². The van der Waals surface area contributed by atoms with Gasteiger partial charge >= 0.3 is 0 Å². The summed E-state index contributed by atoms with van der Waals surface area (Å²) < 4.78 is 33.1. The summed E-state index contributed by atoms with van der Waals surface area (Å²) in [6.45, 7) is 2.94. The van der Waals surface area contributed by atoms with E-state index in [0.29, 0.717) is 16.7 Å². The van der Waals surface area contributed by atoms with Crippen LogP contribution in [0.4, 0.5) is 8.78 Å². The highest BCUT2D eigenvalue weighted by Gasteiger charge is 2.27. The maximum Gasteiger partial charge on any atom is 0.278 e. The van der Waals surface area contributed by atoms with E-state index in [0.717, 1.165) is 86.6 Å². The minimum Gasteiger partial charge on any atom is -0.464 e. The number of aromatic nitrogens is 3. The van der Waals surface area contributed by atoms with Crippen molar-refractivity contribution in [2.24, 2.45) is 13.0 Å². The number of ether oxygens (including phenoxy) is 1. The highest BCUT2D eigenvalue weighted by Crippen LogP contribution is 2.32.